The molecule has 1 aliphatic rings. The number of thiazole rings is 1. The monoisotopic (exact) mass is 418 g/mol. The molecular formula is C21H17F3N2O2S. The molecule has 0 atom stereocenters. The van der Waals surface area contributed by atoms with Crippen molar-refractivity contribution in [2.45, 2.75) is 25.6 Å². The Balaban J connectivity index is 1.34. The molecular weight excluding hydrogens is 401 g/mol. The summed E-state index contributed by atoms with van der Waals surface area (Å²) in [4.78, 5) is 16.2. The van der Waals surface area contributed by atoms with Crippen molar-refractivity contribution in [3.63, 3.8) is 0 Å². The van der Waals surface area contributed by atoms with Crippen LogP contribution in [0.4, 0.5) is 18.9 Å². The molecule has 0 radical (unpaired) electrons. The first-order valence-corrected chi connectivity index (χ1v) is 9.92. The van der Waals surface area contributed by atoms with Crippen LogP contribution in [0.25, 0.3) is 10.6 Å². The molecule has 0 spiro atoms. The second kappa shape index (κ2) is 7.87. The van der Waals surface area contributed by atoms with Gasteiger partial charge in [-0.15, -0.1) is 11.3 Å². The van der Waals surface area contributed by atoms with E-state index >= 15 is 0 Å². The van der Waals surface area contributed by atoms with Gasteiger partial charge in [0.25, 0.3) is 0 Å². The van der Waals surface area contributed by atoms with Gasteiger partial charge < -0.3 is 10.1 Å². The maximum absolute atomic E-state index is 12.7. The van der Waals surface area contributed by atoms with Crippen LogP contribution in [0.5, 0.6) is 5.75 Å². The zero-order chi connectivity index (χ0) is 20.4. The van der Waals surface area contributed by atoms with Gasteiger partial charge in [0.1, 0.15) is 17.4 Å². The van der Waals surface area contributed by atoms with E-state index in [0.29, 0.717) is 22.0 Å². The van der Waals surface area contributed by atoms with Gasteiger partial charge in [0.05, 0.1) is 11.3 Å². The van der Waals surface area contributed by atoms with Crippen LogP contribution in [0.3, 0.4) is 0 Å². The number of carbonyl (C=O) groups excluding carboxylic acids is 1. The average molecular weight is 418 g/mol. The van der Waals surface area contributed by atoms with Gasteiger partial charge in [-0.05, 0) is 49.2 Å². The number of nitrogens with zero attached hydrogens (tertiary/aromatic N) is 1. The summed E-state index contributed by atoms with van der Waals surface area (Å²) in [6.07, 6.45) is -2.44. The van der Waals surface area contributed by atoms with Crippen LogP contribution in [0, 0.1) is 5.92 Å². The van der Waals surface area contributed by atoms with Crippen LogP contribution >= 0.6 is 11.3 Å². The summed E-state index contributed by atoms with van der Waals surface area (Å²) >= 11 is 1.35. The van der Waals surface area contributed by atoms with Crippen LogP contribution < -0.4 is 10.1 Å². The molecule has 4 rings (SSSR count). The van der Waals surface area contributed by atoms with E-state index in [4.69, 9.17) is 4.74 Å². The Morgan fingerprint density at radius 1 is 1.10 bits per heavy atom. The number of carbonyl (C=O) groups is 1. The Morgan fingerprint density at radius 3 is 2.41 bits per heavy atom. The van der Waals surface area contributed by atoms with Crippen LogP contribution in [-0.2, 0) is 17.6 Å². The molecule has 0 saturated heterocycles. The number of alkyl halides is 3. The fourth-order valence-electron chi connectivity index (χ4n) is 2.69. The molecule has 29 heavy (non-hydrogen) atoms. The minimum atomic E-state index is -4.35. The Hall–Kier alpha value is -2.87. The highest BCUT2D eigenvalue weighted by Gasteiger charge is 2.30. The Bertz CT molecular complexity index is 994. The lowest BCUT2D eigenvalue weighted by Crippen LogP contribution is -2.13. The molecule has 1 heterocycles. The number of ether oxygens (including phenoxy) is 1. The molecule has 4 nitrogen and oxygen atoms in total. The zero-order valence-electron chi connectivity index (χ0n) is 15.2. The number of aromatic nitrogens is 1. The van der Waals surface area contributed by atoms with Crippen molar-refractivity contribution in [2.24, 2.45) is 5.92 Å². The largest absolute Gasteiger partial charge is 0.487 e. The van der Waals surface area contributed by atoms with E-state index in [1.807, 2.05) is 5.38 Å². The first-order chi connectivity index (χ1) is 13.9. The van der Waals surface area contributed by atoms with Crippen LogP contribution in [0.2, 0.25) is 0 Å². The maximum atomic E-state index is 12.7. The third-order valence-corrected chi connectivity index (χ3v) is 5.41. The number of hydrogen-bond donors (Lipinski definition) is 1. The van der Waals surface area contributed by atoms with Gasteiger partial charge in [-0.3, -0.25) is 4.79 Å². The van der Waals surface area contributed by atoms with Crippen molar-refractivity contribution in [1.82, 2.24) is 4.98 Å². The molecule has 1 aromatic heterocycles. The van der Waals surface area contributed by atoms with Gasteiger partial charge in [0.2, 0.25) is 5.91 Å². The topological polar surface area (TPSA) is 51.2 Å². The fraction of sp³-hybridized carbons (Fsp3) is 0.238. The van der Waals surface area contributed by atoms with E-state index in [1.54, 1.807) is 24.3 Å². The van der Waals surface area contributed by atoms with Gasteiger partial charge in [0.15, 0.2) is 0 Å². The molecule has 3 aromatic rings. The molecule has 1 aliphatic carbocycles. The van der Waals surface area contributed by atoms with E-state index in [1.165, 1.54) is 23.5 Å². The minimum absolute atomic E-state index is 0.0527. The molecule has 0 aliphatic heterocycles. The lowest BCUT2D eigenvalue weighted by atomic mass is 10.1. The Labute approximate surface area is 169 Å². The van der Waals surface area contributed by atoms with Gasteiger partial charge in [0, 0.05) is 22.5 Å². The predicted octanol–water partition coefficient (Wildman–Crippen LogP) is 5.76. The highest BCUT2D eigenvalue weighted by atomic mass is 32.1. The quantitative estimate of drug-likeness (QED) is 0.554. The lowest BCUT2D eigenvalue weighted by molar-refractivity contribution is -0.137. The van der Waals surface area contributed by atoms with Crippen molar-refractivity contribution in [3.05, 3.63) is 65.2 Å². The second-order valence-corrected chi connectivity index (χ2v) is 7.65. The Kier molecular flexibility index (Phi) is 5.27. The normalized spacial score (nSPS) is 13.9. The molecule has 1 amide bonds. The summed E-state index contributed by atoms with van der Waals surface area (Å²) in [6, 6.07) is 12.0. The van der Waals surface area contributed by atoms with Crippen molar-refractivity contribution >= 4 is 22.9 Å². The summed E-state index contributed by atoms with van der Waals surface area (Å²) in [5, 5.41) is 5.32. The van der Waals surface area contributed by atoms with Crippen molar-refractivity contribution in [1.29, 1.82) is 0 Å². The van der Waals surface area contributed by atoms with Gasteiger partial charge in [-0.25, -0.2) is 4.98 Å². The van der Waals surface area contributed by atoms with E-state index in [9.17, 15) is 18.0 Å². The number of halogens is 3. The molecule has 150 valence electrons. The maximum Gasteiger partial charge on any atom is 0.416 e. The van der Waals surface area contributed by atoms with E-state index < -0.39 is 11.7 Å². The number of benzene rings is 2. The fourth-order valence-corrected chi connectivity index (χ4v) is 3.50. The summed E-state index contributed by atoms with van der Waals surface area (Å²) < 4.78 is 43.7. The Morgan fingerprint density at radius 2 is 1.79 bits per heavy atom. The lowest BCUT2D eigenvalue weighted by Gasteiger charge is -2.07. The SMILES string of the molecule is O=C(Nc1ccc(OCc2csc(-c3ccc(C(F)(F)F)cc3)n2)cc1)C1CC1. The third-order valence-electron chi connectivity index (χ3n) is 4.47. The standard InChI is InChI=1S/C21H17F3N2O2S/c22-21(23,24)15-5-3-14(4-6-15)20-26-17(12-29-20)11-28-18-9-7-16(8-10-18)25-19(27)13-1-2-13/h3-10,12-13H,1-2,11H2,(H,25,27). The molecule has 1 fully saturated rings. The van der Waals surface area contributed by atoms with E-state index in [0.717, 1.165) is 30.7 Å². The minimum Gasteiger partial charge on any atom is -0.487 e. The predicted molar refractivity (Wildman–Crippen MR) is 105 cm³/mol. The zero-order valence-corrected chi connectivity index (χ0v) is 16.0. The summed E-state index contributed by atoms with van der Waals surface area (Å²) in [6.45, 7) is 0.241. The number of hydrogen-bond acceptors (Lipinski definition) is 4. The van der Waals surface area contributed by atoms with Crippen LogP contribution in [0.1, 0.15) is 24.1 Å². The molecule has 1 saturated carbocycles. The highest BCUT2D eigenvalue weighted by Crippen LogP contribution is 2.32. The third kappa shape index (κ3) is 4.95. The van der Waals surface area contributed by atoms with Crippen LogP contribution in [-0.4, -0.2) is 10.9 Å². The van der Waals surface area contributed by atoms with E-state index in [-0.39, 0.29) is 18.4 Å². The van der Waals surface area contributed by atoms with Crippen molar-refractivity contribution in [2.75, 3.05) is 5.32 Å². The van der Waals surface area contributed by atoms with Gasteiger partial charge in [-0.1, -0.05) is 12.1 Å². The van der Waals surface area contributed by atoms with Crippen molar-refractivity contribution in [3.8, 4) is 16.3 Å². The molecule has 8 heteroatoms. The number of anilines is 1. The second-order valence-electron chi connectivity index (χ2n) is 6.80. The first-order valence-electron chi connectivity index (χ1n) is 9.04. The summed E-state index contributed by atoms with van der Waals surface area (Å²) in [7, 11) is 0. The van der Waals surface area contributed by atoms with Crippen molar-refractivity contribution < 1.29 is 22.7 Å². The summed E-state index contributed by atoms with van der Waals surface area (Å²) in [5.41, 5.74) is 1.37. The van der Waals surface area contributed by atoms with Gasteiger partial charge >= 0.3 is 6.18 Å². The number of rotatable bonds is 6. The number of nitrogens with one attached hydrogen (secondary N) is 1. The molecule has 0 bridgehead atoms. The first kappa shape index (κ1) is 19.4. The van der Waals surface area contributed by atoms with Gasteiger partial charge in [-0.2, -0.15) is 13.2 Å². The van der Waals surface area contributed by atoms with Crippen LogP contribution in [0.15, 0.2) is 53.9 Å². The highest BCUT2D eigenvalue weighted by molar-refractivity contribution is 7.13. The number of amides is 1. The molecule has 2 aromatic carbocycles. The average Bonchev–Trinajstić information content (AvgIpc) is 3.45. The molecule has 0 unspecified atom stereocenters. The van der Waals surface area contributed by atoms with E-state index in [2.05, 4.69) is 10.3 Å². The molecule has 1 N–H and O–H groups in total. The summed E-state index contributed by atoms with van der Waals surface area (Å²) in [5.74, 6) is 0.838. The smallest absolute Gasteiger partial charge is 0.416 e.